The number of carbonyl (C=O) groups excluding carboxylic acids is 1. The lowest BCUT2D eigenvalue weighted by Gasteiger charge is -2.22. The van der Waals surface area contributed by atoms with Crippen molar-refractivity contribution in [2.45, 2.75) is 19.0 Å². The van der Waals surface area contributed by atoms with Gasteiger partial charge in [0.15, 0.2) is 0 Å². The Kier molecular flexibility index (Phi) is 5.87. The van der Waals surface area contributed by atoms with Gasteiger partial charge in [-0.3, -0.25) is 0 Å². The number of nitrogens with zero attached hydrogens (tertiary/aromatic N) is 1. The third-order valence-corrected chi connectivity index (χ3v) is 2.54. The van der Waals surface area contributed by atoms with Gasteiger partial charge in [0.1, 0.15) is 6.29 Å². The summed E-state index contributed by atoms with van der Waals surface area (Å²) in [6.07, 6.45) is -0.183. The predicted octanol–water partition coefficient (Wildman–Crippen LogP) is 1.34. The fourth-order valence-electron chi connectivity index (χ4n) is 1.81. The summed E-state index contributed by atoms with van der Waals surface area (Å²) < 4.78 is 0. The first-order valence-corrected chi connectivity index (χ1v) is 5.77. The number of carbonyl (C=O) groups is 2. The first kappa shape index (κ1) is 14.2. The van der Waals surface area contributed by atoms with Crippen molar-refractivity contribution < 1.29 is 14.7 Å². The summed E-state index contributed by atoms with van der Waals surface area (Å²) in [6, 6.07) is 9.52. The molecule has 0 aliphatic rings. The minimum absolute atomic E-state index is 0.186. The van der Waals surface area contributed by atoms with Crippen molar-refractivity contribution in [2.75, 3.05) is 13.6 Å². The van der Waals surface area contributed by atoms with Gasteiger partial charge < -0.3 is 20.1 Å². The highest BCUT2D eigenvalue weighted by atomic mass is 16.4. The molecular formula is C13H18N2O3. The Bertz CT molecular complexity index is 381. The maximum Gasteiger partial charge on any atom is 0.404 e. The molecule has 18 heavy (non-hydrogen) atoms. The van der Waals surface area contributed by atoms with E-state index in [0.717, 1.165) is 18.4 Å². The van der Waals surface area contributed by atoms with Crippen molar-refractivity contribution in [2.24, 2.45) is 0 Å². The molecule has 0 aromatic heterocycles. The molecule has 0 radical (unpaired) electrons. The second-order valence-corrected chi connectivity index (χ2v) is 4.23. The van der Waals surface area contributed by atoms with Gasteiger partial charge in [0.05, 0.1) is 6.04 Å². The van der Waals surface area contributed by atoms with E-state index in [-0.39, 0.29) is 12.5 Å². The molecule has 1 rings (SSSR count). The van der Waals surface area contributed by atoms with Gasteiger partial charge in [-0.1, -0.05) is 30.3 Å². The van der Waals surface area contributed by atoms with Gasteiger partial charge in [0.2, 0.25) is 0 Å². The lowest BCUT2D eigenvalue weighted by atomic mass is 10.2. The lowest BCUT2D eigenvalue weighted by molar-refractivity contribution is -0.108. The molecule has 1 amide bonds. The van der Waals surface area contributed by atoms with E-state index in [0.29, 0.717) is 6.54 Å². The van der Waals surface area contributed by atoms with Crippen molar-refractivity contribution in [3.63, 3.8) is 0 Å². The van der Waals surface area contributed by atoms with Crippen LogP contribution in [-0.4, -0.2) is 42.0 Å². The Hall–Kier alpha value is -1.88. The fraction of sp³-hybridized carbons (Fsp3) is 0.385. The lowest BCUT2D eigenvalue weighted by Crippen LogP contribution is -2.42. The van der Waals surface area contributed by atoms with E-state index in [4.69, 9.17) is 5.11 Å². The summed E-state index contributed by atoms with van der Waals surface area (Å²) in [4.78, 5) is 23.0. The Balaban J connectivity index is 2.47. The summed E-state index contributed by atoms with van der Waals surface area (Å²) in [5.41, 5.74) is 1.15. The molecule has 0 heterocycles. The first-order valence-electron chi connectivity index (χ1n) is 5.77. The van der Waals surface area contributed by atoms with E-state index in [1.54, 1.807) is 0 Å². The Morgan fingerprint density at radius 3 is 2.67 bits per heavy atom. The highest BCUT2D eigenvalue weighted by Crippen LogP contribution is 2.04. The molecule has 5 heteroatoms. The van der Waals surface area contributed by atoms with E-state index < -0.39 is 6.09 Å². The van der Waals surface area contributed by atoms with Crippen LogP contribution in [0.3, 0.4) is 0 Å². The van der Waals surface area contributed by atoms with Gasteiger partial charge in [0.25, 0.3) is 0 Å². The first-order chi connectivity index (χ1) is 8.61. The summed E-state index contributed by atoms with van der Waals surface area (Å²) in [5, 5.41) is 11.0. The summed E-state index contributed by atoms with van der Waals surface area (Å²) in [7, 11) is 1.90. The number of hydrogen-bond acceptors (Lipinski definition) is 3. The standard InChI is InChI=1S/C13H18N2O3/c1-15(9-11-5-3-2-4-6-11)10-12(7-8-16)14-13(17)18/h2-6,8,12,14H,7,9-10H2,1H3,(H,17,18). The molecule has 1 atom stereocenters. The Morgan fingerprint density at radius 1 is 1.44 bits per heavy atom. The smallest absolute Gasteiger partial charge is 0.404 e. The molecule has 0 saturated heterocycles. The van der Waals surface area contributed by atoms with Gasteiger partial charge in [-0.15, -0.1) is 0 Å². The zero-order chi connectivity index (χ0) is 13.4. The average molecular weight is 250 g/mol. The number of carboxylic acid groups (broad SMARTS) is 1. The van der Waals surface area contributed by atoms with Gasteiger partial charge in [-0.2, -0.15) is 0 Å². The number of amides is 1. The molecule has 0 bridgehead atoms. The van der Waals surface area contributed by atoms with Crippen LogP contribution in [-0.2, 0) is 11.3 Å². The highest BCUT2D eigenvalue weighted by molar-refractivity contribution is 5.65. The normalized spacial score (nSPS) is 12.1. The van der Waals surface area contributed by atoms with E-state index >= 15 is 0 Å². The monoisotopic (exact) mass is 250 g/mol. The molecule has 0 saturated carbocycles. The van der Waals surface area contributed by atoms with Crippen molar-refractivity contribution in [1.82, 2.24) is 10.2 Å². The molecule has 0 aliphatic heterocycles. The number of benzene rings is 1. The maximum absolute atomic E-state index is 10.6. The topological polar surface area (TPSA) is 69.6 Å². The average Bonchev–Trinajstić information content (AvgIpc) is 2.29. The molecular weight excluding hydrogens is 232 g/mol. The Labute approximate surface area is 106 Å². The second kappa shape index (κ2) is 7.45. The van der Waals surface area contributed by atoms with E-state index in [9.17, 15) is 9.59 Å². The third-order valence-electron chi connectivity index (χ3n) is 2.54. The van der Waals surface area contributed by atoms with Crippen molar-refractivity contribution in [3.05, 3.63) is 35.9 Å². The van der Waals surface area contributed by atoms with Crippen molar-refractivity contribution in [3.8, 4) is 0 Å². The summed E-state index contributed by atoms with van der Waals surface area (Å²) >= 11 is 0. The molecule has 0 spiro atoms. The Morgan fingerprint density at radius 2 is 2.11 bits per heavy atom. The minimum Gasteiger partial charge on any atom is -0.465 e. The molecule has 1 aromatic carbocycles. The van der Waals surface area contributed by atoms with E-state index in [1.807, 2.05) is 42.3 Å². The largest absolute Gasteiger partial charge is 0.465 e. The van der Waals surface area contributed by atoms with Gasteiger partial charge in [-0.25, -0.2) is 4.79 Å². The molecule has 0 fully saturated rings. The van der Waals surface area contributed by atoms with Gasteiger partial charge in [0, 0.05) is 19.5 Å². The number of likely N-dealkylation sites (N-methyl/N-ethyl adjacent to an activating group) is 1. The van der Waals surface area contributed by atoms with E-state index in [2.05, 4.69) is 5.32 Å². The highest BCUT2D eigenvalue weighted by Gasteiger charge is 2.13. The van der Waals surface area contributed by atoms with E-state index in [1.165, 1.54) is 0 Å². The second-order valence-electron chi connectivity index (χ2n) is 4.23. The molecule has 1 unspecified atom stereocenters. The number of rotatable bonds is 7. The van der Waals surface area contributed by atoms with Crippen LogP contribution < -0.4 is 5.32 Å². The minimum atomic E-state index is -1.10. The van der Waals surface area contributed by atoms with Gasteiger partial charge >= 0.3 is 6.09 Å². The molecule has 5 nitrogen and oxygen atoms in total. The number of hydrogen-bond donors (Lipinski definition) is 2. The number of aldehydes is 1. The van der Waals surface area contributed by atoms with Crippen LogP contribution in [0.2, 0.25) is 0 Å². The molecule has 2 N–H and O–H groups in total. The van der Waals surface area contributed by atoms with Gasteiger partial charge in [-0.05, 0) is 12.6 Å². The molecule has 0 aliphatic carbocycles. The molecule has 1 aromatic rings. The summed E-state index contributed by atoms with van der Waals surface area (Å²) in [6.45, 7) is 1.22. The maximum atomic E-state index is 10.6. The van der Waals surface area contributed by atoms with Crippen LogP contribution in [0.5, 0.6) is 0 Å². The quantitative estimate of drug-likeness (QED) is 0.717. The zero-order valence-electron chi connectivity index (χ0n) is 10.4. The molecule has 98 valence electrons. The SMILES string of the molecule is CN(Cc1ccccc1)CC(CC=O)NC(=O)O. The van der Waals surface area contributed by atoms with Crippen LogP contribution in [0.1, 0.15) is 12.0 Å². The summed E-state index contributed by atoms with van der Waals surface area (Å²) in [5.74, 6) is 0. The third kappa shape index (κ3) is 5.45. The van der Waals surface area contributed by atoms with Crippen molar-refractivity contribution >= 4 is 12.4 Å². The van der Waals surface area contributed by atoms with Crippen molar-refractivity contribution in [1.29, 1.82) is 0 Å². The van der Waals surface area contributed by atoms with Crippen LogP contribution >= 0.6 is 0 Å². The van der Waals surface area contributed by atoms with Crippen LogP contribution in [0.4, 0.5) is 4.79 Å². The zero-order valence-corrected chi connectivity index (χ0v) is 10.4. The fourth-order valence-corrected chi connectivity index (χ4v) is 1.81. The number of nitrogens with one attached hydrogen (secondary N) is 1. The predicted molar refractivity (Wildman–Crippen MR) is 68.4 cm³/mol. The van der Waals surface area contributed by atoms with Crippen LogP contribution in [0.15, 0.2) is 30.3 Å². The van der Waals surface area contributed by atoms with Crippen LogP contribution in [0, 0.1) is 0 Å². The van der Waals surface area contributed by atoms with Crippen LogP contribution in [0.25, 0.3) is 0 Å².